The normalized spacial score (nSPS) is 12.2. The zero-order valence-corrected chi connectivity index (χ0v) is 21.5. The van der Waals surface area contributed by atoms with Gasteiger partial charge in [-0.2, -0.15) is 0 Å². The Morgan fingerprint density at radius 3 is 2.58 bits per heavy atom. The molecule has 4 N–H and O–H groups in total. The maximum absolute atomic E-state index is 6.36. The molecule has 4 heterocycles. The summed E-state index contributed by atoms with van der Waals surface area (Å²) in [7, 11) is 5.19. The van der Waals surface area contributed by atoms with Gasteiger partial charge in [-0.25, -0.2) is 4.98 Å². The van der Waals surface area contributed by atoms with Gasteiger partial charge in [0, 0.05) is 41.3 Å². The molecular formula is C28H30N6O4. The third-order valence-electron chi connectivity index (χ3n) is 6.24. The fourth-order valence-electron chi connectivity index (χ4n) is 4.43. The van der Waals surface area contributed by atoms with Crippen molar-refractivity contribution in [3.63, 3.8) is 0 Å². The maximum Gasteiger partial charge on any atom is 0.162 e. The largest absolute Gasteiger partial charge is 0.493 e. The molecule has 0 radical (unpaired) electrons. The number of pyridine rings is 3. The van der Waals surface area contributed by atoms with E-state index in [1.807, 2.05) is 43.4 Å². The Morgan fingerprint density at radius 2 is 1.82 bits per heavy atom. The van der Waals surface area contributed by atoms with E-state index in [4.69, 9.17) is 30.1 Å². The van der Waals surface area contributed by atoms with Crippen molar-refractivity contribution in [1.29, 1.82) is 0 Å². The second kappa shape index (κ2) is 10.9. The quantitative estimate of drug-likeness (QED) is 0.264. The van der Waals surface area contributed by atoms with Gasteiger partial charge in [-0.05, 0) is 42.8 Å². The highest BCUT2D eigenvalue weighted by molar-refractivity contribution is 6.10. The molecule has 0 unspecified atom stereocenters. The molecular weight excluding hydrogens is 484 g/mol. The van der Waals surface area contributed by atoms with Crippen molar-refractivity contribution in [1.82, 2.24) is 19.9 Å². The van der Waals surface area contributed by atoms with Crippen LogP contribution >= 0.6 is 0 Å². The van der Waals surface area contributed by atoms with Crippen LogP contribution < -0.4 is 25.7 Å². The van der Waals surface area contributed by atoms with Gasteiger partial charge in [-0.1, -0.05) is 0 Å². The molecule has 0 aliphatic rings. The van der Waals surface area contributed by atoms with Crippen LogP contribution in [0.15, 0.2) is 65.7 Å². The summed E-state index contributed by atoms with van der Waals surface area (Å²) in [6.45, 7) is 1.65. The lowest BCUT2D eigenvalue weighted by Crippen LogP contribution is -2.39. The van der Waals surface area contributed by atoms with Crippen molar-refractivity contribution in [2.75, 3.05) is 40.2 Å². The number of benzene rings is 1. The number of anilines is 1. The van der Waals surface area contributed by atoms with Crippen molar-refractivity contribution in [2.24, 2.45) is 5.73 Å². The van der Waals surface area contributed by atoms with Crippen molar-refractivity contribution < 1.29 is 18.6 Å². The van der Waals surface area contributed by atoms with E-state index < -0.39 is 0 Å². The Labute approximate surface area is 220 Å². The van der Waals surface area contributed by atoms with E-state index in [1.165, 1.54) is 0 Å². The number of nitrogen functional groups attached to an aromatic ring is 1. The Balaban J connectivity index is 1.37. The average molecular weight is 515 g/mol. The molecule has 5 aromatic rings. The fraction of sp³-hybridized carbons (Fsp3) is 0.250. The number of hydrogen-bond donors (Lipinski definition) is 2. The number of likely N-dealkylation sites (N-methyl/N-ethyl adjacent to an activating group) is 1. The Morgan fingerprint density at radius 1 is 1.00 bits per heavy atom. The highest BCUT2D eigenvalue weighted by atomic mass is 16.5. The van der Waals surface area contributed by atoms with Crippen LogP contribution in [0.1, 0.15) is 5.76 Å². The minimum atomic E-state index is -0.195. The first-order valence-corrected chi connectivity index (χ1v) is 12.1. The molecule has 0 amide bonds. The van der Waals surface area contributed by atoms with Crippen LogP contribution in [0.3, 0.4) is 0 Å². The summed E-state index contributed by atoms with van der Waals surface area (Å²) in [4.78, 5) is 15.6. The number of rotatable bonds is 10. The smallest absolute Gasteiger partial charge is 0.162 e. The molecule has 10 heteroatoms. The highest BCUT2D eigenvalue weighted by Gasteiger charge is 2.15. The van der Waals surface area contributed by atoms with Crippen molar-refractivity contribution >= 4 is 27.5 Å². The first kappa shape index (κ1) is 25.2. The number of ether oxygens (including phenoxy) is 3. The average Bonchev–Trinajstić information content (AvgIpc) is 3.43. The fourth-order valence-corrected chi connectivity index (χ4v) is 4.43. The summed E-state index contributed by atoms with van der Waals surface area (Å²) in [6, 6.07) is 11.2. The molecule has 10 nitrogen and oxygen atoms in total. The number of aromatic nitrogens is 3. The molecule has 0 aliphatic heterocycles. The number of furan rings is 1. The van der Waals surface area contributed by atoms with Crippen LogP contribution in [0.4, 0.5) is 5.82 Å². The van der Waals surface area contributed by atoms with Gasteiger partial charge < -0.3 is 30.1 Å². The van der Waals surface area contributed by atoms with E-state index in [1.54, 1.807) is 39.1 Å². The molecule has 5 rings (SSSR count). The Hall–Kier alpha value is -4.41. The van der Waals surface area contributed by atoms with Gasteiger partial charge in [0.15, 0.2) is 11.5 Å². The van der Waals surface area contributed by atoms with Crippen LogP contribution in [0.2, 0.25) is 0 Å². The molecule has 0 aliphatic carbocycles. The second-order valence-electron chi connectivity index (χ2n) is 9.09. The van der Waals surface area contributed by atoms with Crippen LogP contribution in [-0.4, -0.2) is 60.3 Å². The summed E-state index contributed by atoms with van der Waals surface area (Å²) < 4.78 is 22.3. The molecule has 196 valence electrons. The third kappa shape index (κ3) is 5.31. The zero-order valence-electron chi connectivity index (χ0n) is 21.5. The van der Waals surface area contributed by atoms with E-state index in [-0.39, 0.29) is 6.04 Å². The lowest BCUT2D eigenvalue weighted by Gasteiger charge is -2.20. The molecule has 38 heavy (non-hydrogen) atoms. The maximum atomic E-state index is 6.36. The van der Waals surface area contributed by atoms with E-state index in [0.717, 1.165) is 33.0 Å². The van der Waals surface area contributed by atoms with Crippen LogP contribution in [0.25, 0.3) is 32.9 Å². The van der Waals surface area contributed by atoms with E-state index in [2.05, 4.69) is 19.9 Å². The minimum Gasteiger partial charge on any atom is -0.493 e. The molecule has 0 saturated carbocycles. The molecule has 0 spiro atoms. The summed E-state index contributed by atoms with van der Waals surface area (Å²) >= 11 is 0. The predicted octanol–water partition coefficient (Wildman–Crippen LogP) is 3.88. The number of nitrogens with zero attached hydrogens (tertiary/aromatic N) is 4. The van der Waals surface area contributed by atoms with Gasteiger partial charge in [0.25, 0.3) is 0 Å². The number of fused-ring (bicyclic) bond motifs is 3. The topological polar surface area (TPSA) is 135 Å². The SMILES string of the molecule is COc1cc2ncc3c(N)nc(-c4cncc(OC[C@@H](N)CN(C)Cc5ccco5)c4)cc3c2cc1OC. The summed E-state index contributed by atoms with van der Waals surface area (Å²) in [5.74, 6) is 3.07. The molecule has 0 fully saturated rings. The van der Waals surface area contributed by atoms with Crippen molar-refractivity contribution in [3.8, 4) is 28.5 Å². The van der Waals surface area contributed by atoms with Gasteiger partial charge in [0.2, 0.25) is 0 Å². The Kier molecular flexibility index (Phi) is 7.25. The van der Waals surface area contributed by atoms with Gasteiger partial charge in [0.05, 0.1) is 50.5 Å². The standard InChI is InChI=1S/C28H30N6O4/c1-34(15-19-5-4-6-37-19)14-18(29)16-38-20-7-17(11-31-12-20)24-8-21-22-9-26(35-2)27(36-3)10-25(22)32-13-23(21)28(30)33-24/h4-13,18H,14-16,29H2,1-3H3,(H2,30,33)/t18-/m0/s1. The molecule has 1 aromatic carbocycles. The molecule has 0 saturated heterocycles. The first-order valence-electron chi connectivity index (χ1n) is 12.1. The van der Waals surface area contributed by atoms with Crippen molar-refractivity contribution in [2.45, 2.75) is 12.6 Å². The van der Waals surface area contributed by atoms with Gasteiger partial charge in [-0.15, -0.1) is 0 Å². The summed E-state index contributed by atoms with van der Waals surface area (Å²) in [6.07, 6.45) is 6.77. The van der Waals surface area contributed by atoms with E-state index >= 15 is 0 Å². The highest BCUT2D eigenvalue weighted by Crippen LogP contribution is 2.37. The molecule has 0 bridgehead atoms. The summed E-state index contributed by atoms with van der Waals surface area (Å²) in [5.41, 5.74) is 14.9. The lowest BCUT2D eigenvalue weighted by atomic mass is 10.0. The van der Waals surface area contributed by atoms with Crippen LogP contribution in [0.5, 0.6) is 17.2 Å². The predicted molar refractivity (Wildman–Crippen MR) is 146 cm³/mol. The van der Waals surface area contributed by atoms with E-state index in [9.17, 15) is 0 Å². The van der Waals surface area contributed by atoms with E-state index in [0.29, 0.717) is 48.5 Å². The number of nitrogens with two attached hydrogens (primary N) is 2. The van der Waals surface area contributed by atoms with Crippen LogP contribution in [0, 0.1) is 0 Å². The molecule has 1 atom stereocenters. The van der Waals surface area contributed by atoms with Gasteiger partial charge >= 0.3 is 0 Å². The zero-order chi connectivity index (χ0) is 26.6. The van der Waals surface area contributed by atoms with Gasteiger partial charge in [-0.3, -0.25) is 14.9 Å². The second-order valence-corrected chi connectivity index (χ2v) is 9.09. The monoisotopic (exact) mass is 514 g/mol. The Bertz CT molecular complexity index is 1560. The number of hydrogen-bond acceptors (Lipinski definition) is 10. The minimum absolute atomic E-state index is 0.195. The lowest BCUT2D eigenvalue weighted by molar-refractivity contribution is 0.224. The number of methoxy groups -OCH3 is 2. The summed E-state index contributed by atoms with van der Waals surface area (Å²) in [5, 5.41) is 2.52. The van der Waals surface area contributed by atoms with Crippen LogP contribution in [-0.2, 0) is 6.54 Å². The van der Waals surface area contributed by atoms with Gasteiger partial charge in [0.1, 0.15) is 23.9 Å². The third-order valence-corrected chi connectivity index (χ3v) is 6.24. The van der Waals surface area contributed by atoms with Crippen molar-refractivity contribution in [3.05, 3.63) is 67.0 Å². The first-order chi connectivity index (χ1) is 18.4. The molecule has 4 aromatic heterocycles.